The largest absolute Gasteiger partial charge is 0.476 e. The highest BCUT2D eigenvalue weighted by Crippen LogP contribution is 2.22. The van der Waals surface area contributed by atoms with Gasteiger partial charge < -0.3 is 15.4 Å². The van der Waals surface area contributed by atoms with Crippen LogP contribution in [-0.4, -0.2) is 25.2 Å². The average molecular weight is 223 g/mol. The number of aromatic nitrogens is 1. The Labute approximate surface area is 97.4 Å². The molecule has 90 valence electrons. The molecule has 4 heteroatoms. The SMILES string of the molecule is CCCCN(C)c1ccc(N)c(OCC)n1. The number of hydrogen-bond acceptors (Lipinski definition) is 4. The highest BCUT2D eigenvalue weighted by atomic mass is 16.5. The maximum atomic E-state index is 5.77. The molecule has 0 aliphatic carbocycles. The zero-order valence-corrected chi connectivity index (χ0v) is 10.4. The second kappa shape index (κ2) is 6.20. The number of ether oxygens (including phenoxy) is 1. The summed E-state index contributed by atoms with van der Waals surface area (Å²) in [5.74, 6) is 1.44. The van der Waals surface area contributed by atoms with Crippen LogP contribution in [0.4, 0.5) is 11.5 Å². The molecule has 0 bridgehead atoms. The van der Waals surface area contributed by atoms with Crippen molar-refractivity contribution in [2.75, 3.05) is 30.8 Å². The lowest BCUT2D eigenvalue weighted by Gasteiger charge is -2.18. The quantitative estimate of drug-likeness (QED) is 0.804. The number of nitrogens with two attached hydrogens (primary N) is 1. The van der Waals surface area contributed by atoms with Gasteiger partial charge in [0.05, 0.1) is 12.3 Å². The molecule has 0 aliphatic heterocycles. The third-order valence-electron chi connectivity index (χ3n) is 2.39. The van der Waals surface area contributed by atoms with E-state index in [0.717, 1.165) is 18.8 Å². The van der Waals surface area contributed by atoms with Gasteiger partial charge >= 0.3 is 0 Å². The molecule has 1 rings (SSSR count). The summed E-state index contributed by atoms with van der Waals surface area (Å²) in [4.78, 5) is 6.51. The molecule has 0 atom stereocenters. The zero-order chi connectivity index (χ0) is 12.0. The molecular formula is C12H21N3O. The maximum absolute atomic E-state index is 5.77. The van der Waals surface area contributed by atoms with Gasteiger partial charge in [0.25, 0.3) is 0 Å². The van der Waals surface area contributed by atoms with Gasteiger partial charge in [0.2, 0.25) is 5.88 Å². The lowest BCUT2D eigenvalue weighted by atomic mass is 10.3. The molecule has 0 amide bonds. The van der Waals surface area contributed by atoms with Crippen molar-refractivity contribution in [1.29, 1.82) is 0 Å². The molecule has 4 nitrogen and oxygen atoms in total. The van der Waals surface area contributed by atoms with Crippen molar-refractivity contribution in [3.63, 3.8) is 0 Å². The van der Waals surface area contributed by atoms with Gasteiger partial charge in [-0.2, -0.15) is 4.98 Å². The molecule has 1 heterocycles. The molecule has 0 saturated heterocycles. The van der Waals surface area contributed by atoms with Crippen LogP contribution in [0, 0.1) is 0 Å². The lowest BCUT2D eigenvalue weighted by Crippen LogP contribution is -2.19. The number of hydrogen-bond donors (Lipinski definition) is 1. The smallest absolute Gasteiger partial charge is 0.239 e. The fourth-order valence-electron chi connectivity index (χ4n) is 1.42. The Kier molecular flexibility index (Phi) is 4.89. The van der Waals surface area contributed by atoms with E-state index in [1.807, 2.05) is 26.1 Å². The third kappa shape index (κ3) is 3.29. The highest BCUT2D eigenvalue weighted by Gasteiger charge is 2.06. The number of rotatable bonds is 6. The number of unbranched alkanes of at least 4 members (excludes halogenated alkanes) is 1. The van der Waals surface area contributed by atoms with E-state index in [1.165, 1.54) is 6.42 Å². The van der Waals surface area contributed by atoms with Crippen LogP contribution in [0.2, 0.25) is 0 Å². The molecule has 1 aromatic heterocycles. The molecule has 0 spiro atoms. The minimum absolute atomic E-state index is 0.531. The van der Waals surface area contributed by atoms with E-state index in [1.54, 1.807) is 0 Å². The second-order valence-corrected chi connectivity index (χ2v) is 3.77. The average Bonchev–Trinajstić information content (AvgIpc) is 2.29. The molecule has 0 aromatic carbocycles. The van der Waals surface area contributed by atoms with Gasteiger partial charge in [-0.3, -0.25) is 0 Å². The minimum Gasteiger partial charge on any atom is -0.476 e. The van der Waals surface area contributed by atoms with Gasteiger partial charge in [-0.1, -0.05) is 13.3 Å². The van der Waals surface area contributed by atoms with E-state index in [-0.39, 0.29) is 0 Å². The molecule has 1 aromatic rings. The molecule has 0 saturated carbocycles. The van der Waals surface area contributed by atoms with Crippen LogP contribution < -0.4 is 15.4 Å². The van der Waals surface area contributed by atoms with Crippen LogP contribution in [0.1, 0.15) is 26.7 Å². The number of nitrogens with zero attached hydrogens (tertiary/aromatic N) is 2. The van der Waals surface area contributed by atoms with Crippen molar-refractivity contribution in [3.8, 4) is 5.88 Å². The van der Waals surface area contributed by atoms with Gasteiger partial charge in [0.1, 0.15) is 5.82 Å². The summed E-state index contributed by atoms with van der Waals surface area (Å²) >= 11 is 0. The standard InChI is InChI=1S/C12H21N3O/c1-4-6-9-15(3)11-8-7-10(13)12(14-11)16-5-2/h7-8H,4-6,9,13H2,1-3H3. The van der Waals surface area contributed by atoms with Gasteiger partial charge in [0.15, 0.2) is 0 Å². The predicted molar refractivity (Wildman–Crippen MR) is 68.0 cm³/mol. The Morgan fingerprint density at radius 2 is 2.12 bits per heavy atom. The maximum Gasteiger partial charge on any atom is 0.239 e. The van der Waals surface area contributed by atoms with E-state index in [9.17, 15) is 0 Å². The summed E-state index contributed by atoms with van der Waals surface area (Å²) in [6, 6.07) is 3.77. The first kappa shape index (κ1) is 12.6. The summed E-state index contributed by atoms with van der Waals surface area (Å²) in [5.41, 5.74) is 6.36. The monoisotopic (exact) mass is 223 g/mol. The van der Waals surface area contributed by atoms with Crippen LogP contribution in [-0.2, 0) is 0 Å². The lowest BCUT2D eigenvalue weighted by molar-refractivity contribution is 0.329. The number of nitrogen functional groups attached to an aromatic ring is 1. The van der Waals surface area contributed by atoms with Gasteiger partial charge in [-0.15, -0.1) is 0 Å². The van der Waals surface area contributed by atoms with E-state index < -0.39 is 0 Å². The normalized spacial score (nSPS) is 10.2. The molecule has 0 radical (unpaired) electrons. The van der Waals surface area contributed by atoms with Crippen molar-refractivity contribution < 1.29 is 4.74 Å². The summed E-state index contributed by atoms with van der Waals surface area (Å²) in [6.45, 7) is 5.68. The predicted octanol–water partition coefficient (Wildman–Crippen LogP) is 2.30. The van der Waals surface area contributed by atoms with Crippen LogP contribution in [0.5, 0.6) is 5.88 Å². The van der Waals surface area contributed by atoms with E-state index in [2.05, 4.69) is 16.8 Å². The minimum atomic E-state index is 0.531. The summed E-state index contributed by atoms with van der Waals surface area (Å²) in [6.07, 6.45) is 2.34. The first-order chi connectivity index (χ1) is 7.69. The van der Waals surface area contributed by atoms with Crippen molar-refractivity contribution in [3.05, 3.63) is 12.1 Å². The molecule has 16 heavy (non-hydrogen) atoms. The fraction of sp³-hybridized carbons (Fsp3) is 0.583. The topological polar surface area (TPSA) is 51.4 Å². The molecule has 2 N–H and O–H groups in total. The van der Waals surface area contributed by atoms with Gasteiger partial charge in [-0.25, -0.2) is 0 Å². The number of pyridine rings is 1. The van der Waals surface area contributed by atoms with Crippen LogP contribution >= 0.6 is 0 Å². The Morgan fingerprint density at radius 1 is 1.38 bits per heavy atom. The Bertz CT molecular complexity index is 328. The van der Waals surface area contributed by atoms with Gasteiger partial charge in [0, 0.05) is 13.6 Å². The fourth-order valence-corrected chi connectivity index (χ4v) is 1.42. The second-order valence-electron chi connectivity index (χ2n) is 3.77. The van der Waals surface area contributed by atoms with Crippen molar-refractivity contribution >= 4 is 11.5 Å². The molecular weight excluding hydrogens is 202 g/mol. The van der Waals surface area contributed by atoms with Crippen molar-refractivity contribution in [1.82, 2.24) is 4.98 Å². The Balaban J connectivity index is 2.76. The number of anilines is 2. The molecule has 0 unspecified atom stereocenters. The van der Waals surface area contributed by atoms with E-state index in [0.29, 0.717) is 18.2 Å². The van der Waals surface area contributed by atoms with Gasteiger partial charge in [-0.05, 0) is 25.5 Å². The Hall–Kier alpha value is -1.45. The van der Waals surface area contributed by atoms with E-state index >= 15 is 0 Å². The summed E-state index contributed by atoms with van der Waals surface area (Å²) in [7, 11) is 2.03. The van der Waals surface area contributed by atoms with Crippen molar-refractivity contribution in [2.24, 2.45) is 0 Å². The van der Waals surface area contributed by atoms with Crippen LogP contribution in [0.3, 0.4) is 0 Å². The van der Waals surface area contributed by atoms with E-state index in [4.69, 9.17) is 10.5 Å². The zero-order valence-electron chi connectivity index (χ0n) is 10.4. The van der Waals surface area contributed by atoms with Crippen molar-refractivity contribution in [2.45, 2.75) is 26.7 Å². The van der Waals surface area contributed by atoms with Crippen LogP contribution in [0.15, 0.2) is 12.1 Å². The summed E-state index contributed by atoms with van der Waals surface area (Å²) in [5, 5.41) is 0. The highest BCUT2D eigenvalue weighted by molar-refractivity contribution is 5.54. The molecule has 0 fully saturated rings. The molecule has 0 aliphatic rings. The third-order valence-corrected chi connectivity index (χ3v) is 2.39. The Morgan fingerprint density at radius 3 is 2.75 bits per heavy atom. The first-order valence-electron chi connectivity index (χ1n) is 5.79. The van der Waals surface area contributed by atoms with Crippen LogP contribution in [0.25, 0.3) is 0 Å². The summed E-state index contributed by atoms with van der Waals surface area (Å²) < 4.78 is 5.37. The first-order valence-corrected chi connectivity index (χ1v) is 5.79.